The van der Waals surface area contributed by atoms with Crippen LogP contribution in [0.25, 0.3) is 0 Å². The summed E-state index contributed by atoms with van der Waals surface area (Å²) in [5.74, 6) is 0.843. The van der Waals surface area contributed by atoms with Gasteiger partial charge in [-0.25, -0.2) is 4.98 Å². The van der Waals surface area contributed by atoms with E-state index in [-0.39, 0.29) is 6.04 Å². The summed E-state index contributed by atoms with van der Waals surface area (Å²) < 4.78 is 5.73. The minimum Gasteiger partial charge on any atom is -0.487 e. The molecule has 1 heterocycles. The standard InChI is InChI=1S/C14H18N2OS/c1-3-14-16-12(9-18-14)8-17-13-6-4-5-11(7-13)10(2)15/h4-7,9-10H,3,8,15H2,1-2H3/t10-/m1/s1. The maximum atomic E-state index is 5.84. The highest BCUT2D eigenvalue weighted by molar-refractivity contribution is 7.09. The van der Waals surface area contributed by atoms with Crippen molar-refractivity contribution in [2.75, 3.05) is 0 Å². The van der Waals surface area contributed by atoms with Gasteiger partial charge in [0, 0.05) is 11.4 Å². The van der Waals surface area contributed by atoms with Crippen molar-refractivity contribution in [1.82, 2.24) is 4.98 Å². The molecule has 1 aromatic heterocycles. The van der Waals surface area contributed by atoms with Crippen molar-refractivity contribution in [2.45, 2.75) is 32.9 Å². The predicted molar refractivity (Wildman–Crippen MR) is 74.9 cm³/mol. The Kier molecular flexibility index (Phi) is 4.33. The summed E-state index contributed by atoms with van der Waals surface area (Å²) in [6.45, 7) is 4.58. The average Bonchev–Trinajstić information content (AvgIpc) is 2.84. The second-order valence-corrected chi connectivity index (χ2v) is 5.18. The number of hydrogen-bond donors (Lipinski definition) is 1. The molecule has 0 spiro atoms. The number of benzene rings is 1. The summed E-state index contributed by atoms with van der Waals surface area (Å²) in [7, 11) is 0. The van der Waals surface area contributed by atoms with Gasteiger partial charge in [0.2, 0.25) is 0 Å². The van der Waals surface area contributed by atoms with Gasteiger partial charge in [0.15, 0.2) is 0 Å². The number of hydrogen-bond acceptors (Lipinski definition) is 4. The van der Waals surface area contributed by atoms with Crippen LogP contribution in [0.4, 0.5) is 0 Å². The smallest absolute Gasteiger partial charge is 0.131 e. The summed E-state index contributed by atoms with van der Waals surface area (Å²) in [5, 5.41) is 3.20. The van der Waals surface area contributed by atoms with Crippen LogP contribution in [0.5, 0.6) is 5.75 Å². The largest absolute Gasteiger partial charge is 0.487 e. The third kappa shape index (κ3) is 3.31. The highest BCUT2D eigenvalue weighted by atomic mass is 32.1. The first kappa shape index (κ1) is 13.1. The minimum atomic E-state index is 0.0273. The van der Waals surface area contributed by atoms with Crippen LogP contribution in [0, 0.1) is 0 Å². The van der Waals surface area contributed by atoms with E-state index in [1.54, 1.807) is 11.3 Å². The highest BCUT2D eigenvalue weighted by Crippen LogP contribution is 2.19. The Morgan fingerprint density at radius 3 is 2.94 bits per heavy atom. The summed E-state index contributed by atoms with van der Waals surface area (Å²) in [6, 6.07) is 7.93. The van der Waals surface area contributed by atoms with Gasteiger partial charge in [-0.2, -0.15) is 0 Å². The van der Waals surface area contributed by atoms with Crippen LogP contribution in [-0.4, -0.2) is 4.98 Å². The van der Waals surface area contributed by atoms with E-state index in [0.717, 1.165) is 28.4 Å². The van der Waals surface area contributed by atoms with Gasteiger partial charge < -0.3 is 10.5 Å². The predicted octanol–water partition coefficient (Wildman–Crippen LogP) is 3.30. The van der Waals surface area contributed by atoms with Crippen molar-refractivity contribution < 1.29 is 4.74 Å². The number of rotatable bonds is 5. The molecule has 2 N–H and O–H groups in total. The lowest BCUT2D eigenvalue weighted by Crippen LogP contribution is -2.05. The molecule has 3 nitrogen and oxygen atoms in total. The van der Waals surface area contributed by atoms with Crippen molar-refractivity contribution in [3.05, 3.63) is 45.9 Å². The second-order valence-electron chi connectivity index (χ2n) is 4.24. The first-order valence-electron chi connectivity index (χ1n) is 6.10. The molecular formula is C14H18N2OS. The number of aromatic nitrogens is 1. The second kappa shape index (κ2) is 5.98. The van der Waals surface area contributed by atoms with Crippen molar-refractivity contribution >= 4 is 11.3 Å². The molecule has 0 aliphatic heterocycles. The van der Waals surface area contributed by atoms with Crippen LogP contribution < -0.4 is 10.5 Å². The molecule has 0 aliphatic rings. The lowest BCUT2D eigenvalue weighted by atomic mass is 10.1. The molecule has 0 bridgehead atoms. The molecular weight excluding hydrogens is 244 g/mol. The minimum absolute atomic E-state index is 0.0273. The molecule has 18 heavy (non-hydrogen) atoms. The Balaban J connectivity index is 1.99. The molecule has 4 heteroatoms. The molecule has 0 amide bonds. The molecule has 0 aliphatic carbocycles. The summed E-state index contributed by atoms with van der Waals surface area (Å²) in [5.41, 5.74) is 7.92. The van der Waals surface area contributed by atoms with E-state index in [9.17, 15) is 0 Å². The number of nitrogens with two attached hydrogens (primary N) is 1. The Labute approximate surface area is 112 Å². The van der Waals surface area contributed by atoms with Gasteiger partial charge in [-0.1, -0.05) is 19.1 Å². The van der Waals surface area contributed by atoms with Gasteiger partial charge in [-0.15, -0.1) is 11.3 Å². The van der Waals surface area contributed by atoms with Crippen LogP contribution in [0.2, 0.25) is 0 Å². The molecule has 2 rings (SSSR count). The van der Waals surface area contributed by atoms with Crippen molar-refractivity contribution in [2.24, 2.45) is 5.73 Å². The zero-order chi connectivity index (χ0) is 13.0. The maximum Gasteiger partial charge on any atom is 0.131 e. The van der Waals surface area contributed by atoms with Crippen molar-refractivity contribution in [1.29, 1.82) is 0 Å². The topological polar surface area (TPSA) is 48.1 Å². The van der Waals surface area contributed by atoms with Gasteiger partial charge in [-0.05, 0) is 31.0 Å². The molecule has 0 saturated carbocycles. The fraction of sp³-hybridized carbons (Fsp3) is 0.357. The summed E-state index contributed by atoms with van der Waals surface area (Å²) in [6.07, 6.45) is 0.977. The van der Waals surface area contributed by atoms with Crippen LogP contribution in [-0.2, 0) is 13.0 Å². The van der Waals surface area contributed by atoms with E-state index in [2.05, 4.69) is 11.9 Å². The first-order chi connectivity index (χ1) is 8.69. The van der Waals surface area contributed by atoms with Crippen LogP contribution >= 0.6 is 11.3 Å². The molecule has 0 unspecified atom stereocenters. The monoisotopic (exact) mass is 262 g/mol. The molecule has 1 atom stereocenters. The fourth-order valence-corrected chi connectivity index (χ4v) is 2.35. The Morgan fingerprint density at radius 1 is 1.44 bits per heavy atom. The molecule has 0 saturated heterocycles. The van der Waals surface area contributed by atoms with Gasteiger partial charge in [0.25, 0.3) is 0 Å². The van der Waals surface area contributed by atoms with Crippen molar-refractivity contribution in [3.8, 4) is 5.75 Å². The lowest BCUT2D eigenvalue weighted by molar-refractivity contribution is 0.301. The van der Waals surface area contributed by atoms with Gasteiger partial charge in [0.1, 0.15) is 12.4 Å². The van der Waals surface area contributed by atoms with E-state index in [1.807, 2.05) is 36.6 Å². The summed E-state index contributed by atoms with van der Waals surface area (Å²) in [4.78, 5) is 4.47. The molecule has 1 aromatic carbocycles. The maximum absolute atomic E-state index is 5.84. The SMILES string of the molecule is CCc1nc(COc2cccc([C@@H](C)N)c2)cs1. The quantitative estimate of drug-likeness (QED) is 0.899. The number of aryl methyl sites for hydroxylation is 1. The molecule has 2 aromatic rings. The van der Waals surface area contributed by atoms with E-state index in [4.69, 9.17) is 10.5 Å². The van der Waals surface area contributed by atoms with E-state index in [0.29, 0.717) is 6.61 Å². The lowest BCUT2D eigenvalue weighted by Gasteiger charge is -2.09. The zero-order valence-corrected chi connectivity index (χ0v) is 11.5. The summed E-state index contributed by atoms with van der Waals surface area (Å²) >= 11 is 1.68. The normalized spacial score (nSPS) is 12.4. The Hall–Kier alpha value is -1.39. The van der Waals surface area contributed by atoms with Crippen LogP contribution in [0.1, 0.15) is 36.2 Å². The van der Waals surface area contributed by atoms with Crippen LogP contribution in [0.15, 0.2) is 29.6 Å². The third-order valence-electron chi connectivity index (χ3n) is 2.67. The van der Waals surface area contributed by atoms with Gasteiger partial charge >= 0.3 is 0 Å². The van der Waals surface area contributed by atoms with E-state index < -0.39 is 0 Å². The van der Waals surface area contributed by atoms with E-state index >= 15 is 0 Å². The number of ether oxygens (including phenoxy) is 1. The van der Waals surface area contributed by atoms with Gasteiger partial charge in [-0.3, -0.25) is 0 Å². The third-order valence-corrected chi connectivity index (χ3v) is 3.71. The fourth-order valence-electron chi connectivity index (χ4n) is 1.62. The Morgan fingerprint density at radius 2 is 2.28 bits per heavy atom. The average molecular weight is 262 g/mol. The van der Waals surface area contributed by atoms with Gasteiger partial charge in [0.05, 0.1) is 10.7 Å². The van der Waals surface area contributed by atoms with Crippen molar-refractivity contribution in [3.63, 3.8) is 0 Å². The zero-order valence-electron chi connectivity index (χ0n) is 10.7. The molecule has 0 fully saturated rings. The highest BCUT2D eigenvalue weighted by Gasteiger charge is 2.03. The molecule has 0 radical (unpaired) electrons. The van der Waals surface area contributed by atoms with Crippen LogP contribution in [0.3, 0.4) is 0 Å². The Bertz CT molecular complexity index is 508. The number of nitrogens with zero attached hydrogens (tertiary/aromatic N) is 1. The first-order valence-corrected chi connectivity index (χ1v) is 6.98. The number of thiazole rings is 1. The molecule has 96 valence electrons. The van der Waals surface area contributed by atoms with E-state index in [1.165, 1.54) is 0 Å².